The normalized spacial score (nSPS) is 34.1. The van der Waals surface area contributed by atoms with Gasteiger partial charge in [0.1, 0.15) is 18.3 Å². The van der Waals surface area contributed by atoms with Crippen LogP contribution in [0.2, 0.25) is 0 Å². The Morgan fingerprint density at radius 3 is 2.88 bits per heavy atom. The second-order valence-electron chi connectivity index (χ2n) is 5.55. The molecule has 15 nitrogen and oxygen atoms in total. The minimum Gasteiger partial charge on any atom is -0.390 e. The van der Waals surface area contributed by atoms with Crippen molar-refractivity contribution < 1.29 is 33.3 Å². The summed E-state index contributed by atoms with van der Waals surface area (Å²) in [4.78, 5) is 41.3. The molecule has 0 saturated carbocycles. The Morgan fingerprint density at radius 2 is 2.19 bits per heavy atom. The second-order valence-corrected chi connectivity index (χ2v) is 6.96. The van der Waals surface area contributed by atoms with Gasteiger partial charge in [-0.25, -0.2) is 4.57 Å². The van der Waals surface area contributed by atoms with Crippen molar-refractivity contribution >= 4 is 30.9 Å². The molecule has 2 aromatic heterocycles. The van der Waals surface area contributed by atoms with Crippen molar-refractivity contribution in [2.45, 2.75) is 24.5 Å². The Morgan fingerprint density at radius 1 is 1.46 bits per heavy atom. The van der Waals surface area contributed by atoms with Gasteiger partial charge in [0.15, 0.2) is 0 Å². The van der Waals surface area contributed by atoms with Gasteiger partial charge in [0.25, 0.3) is 11.1 Å². The molecule has 2 saturated heterocycles. The summed E-state index contributed by atoms with van der Waals surface area (Å²) in [5.74, 6) is -1.16. The molecule has 0 aliphatic carbocycles. The highest BCUT2D eigenvalue weighted by Crippen LogP contribution is 2.52. The molecule has 2 aromatic rings. The number of H-pyrrole nitrogens is 1. The largest absolute Gasteiger partial charge is 0.472 e. The fourth-order valence-corrected chi connectivity index (χ4v) is 3.87. The van der Waals surface area contributed by atoms with E-state index in [2.05, 4.69) is 19.5 Å². The van der Waals surface area contributed by atoms with E-state index in [1.54, 1.807) is 0 Å². The van der Waals surface area contributed by atoms with Crippen LogP contribution < -0.4 is 11.3 Å². The number of hydrogen-bond donors (Lipinski definition) is 4. The van der Waals surface area contributed by atoms with Crippen LogP contribution >= 0.6 is 7.82 Å². The summed E-state index contributed by atoms with van der Waals surface area (Å²) in [5, 5.41) is 21.8. The number of hydrogen-bond acceptors (Lipinski definition) is 11. The van der Waals surface area contributed by atoms with Gasteiger partial charge in [0.2, 0.25) is 17.8 Å². The lowest BCUT2D eigenvalue weighted by molar-refractivity contribution is -0.398. The van der Waals surface area contributed by atoms with Crippen LogP contribution in [0.5, 0.6) is 0 Å². The Labute approximate surface area is 142 Å². The quantitative estimate of drug-likeness (QED) is 0.196. The van der Waals surface area contributed by atoms with Gasteiger partial charge in [-0.2, -0.15) is 9.55 Å². The molecule has 4 rings (SSSR count). The second kappa shape index (κ2) is 5.54. The minimum absolute atomic E-state index is 0.297. The van der Waals surface area contributed by atoms with E-state index in [0.29, 0.717) is 0 Å². The van der Waals surface area contributed by atoms with Crippen LogP contribution in [-0.2, 0) is 18.3 Å². The third-order valence-electron chi connectivity index (χ3n) is 3.93. The molecule has 26 heavy (non-hydrogen) atoms. The van der Waals surface area contributed by atoms with E-state index < -0.39 is 48.8 Å². The minimum atomic E-state index is -4.38. The summed E-state index contributed by atoms with van der Waals surface area (Å²) in [6, 6.07) is 0. The number of aliphatic hydroxyl groups is 1. The first-order valence-corrected chi connectivity index (χ1v) is 8.59. The average Bonchev–Trinajstić information content (AvgIpc) is 3.05. The van der Waals surface area contributed by atoms with E-state index in [1.165, 1.54) is 0 Å². The van der Waals surface area contributed by atoms with Crippen molar-refractivity contribution in [2.24, 2.45) is 0 Å². The molecule has 0 bridgehead atoms. The zero-order chi connectivity index (χ0) is 18.8. The van der Waals surface area contributed by atoms with E-state index in [9.17, 15) is 29.5 Å². The van der Waals surface area contributed by atoms with Gasteiger partial charge in [-0.05, 0) is 4.92 Å². The number of nitrogen functional groups attached to an aromatic ring is 1. The number of nitro groups is 1. The van der Waals surface area contributed by atoms with Crippen molar-refractivity contribution in [3.63, 3.8) is 0 Å². The third-order valence-corrected chi connectivity index (χ3v) is 4.92. The van der Waals surface area contributed by atoms with Crippen LogP contribution in [0.4, 0.5) is 11.9 Å². The summed E-state index contributed by atoms with van der Waals surface area (Å²) in [6.45, 7) is -0.386. The Bertz CT molecular complexity index is 1020. The number of imidazole rings is 1. The topological polar surface area (TPSA) is 218 Å². The van der Waals surface area contributed by atoms with Crippen LogP contribution in [0.1, 0.15) is 6.23 Å². The van der Waals surface area contributed by atoms with Gasteiger partial charge in [-0.3, -0.25) is 18.8 Å². The molecular weight excluding hydrogens is 380 g/mol. The van der Waals surface area contributed by atoms with E-state index in [1.807, 2.05) is 0 Å². The lowest BCUT2D eigenvalue weighted by Gasteiger charge is -2.27. The number of aromatic amines is 1. The van der Waals surface area contributed by atoms with Gasteiger partial charge in [0, 0.05) is 0 Å². The molecule has 2 fully saturated rings. The first-order valence-electron chi connectivity index (χ1n) is 7.09. The smallest absolute Gasteiger partial charge is 0.390 e. The van der Waals surface area contributed by atoms with Crippen LogP contribution in [0.15, 0.2) is 4.79 Å². The van der Waals surface area contributed by atoms with Crippen molar-refractivity contribution in [1.82, 2.24) is 19.5 Å². The summed E-state index contributed by atoms with van der Waals surface area (Å²) in [6.07, 6.45) is -5.37. The van der Waals surface area contributed by atoms with Crippen molar-refractivity contribution in [3.05, 3.63) is 20.5 Å². The highest BCUT2D eigenvalue weighted by molar-refractivity contribution is 7.47. The maximum absolute atomic E-state index is 11.9. The Kier molecular flexibility index (Phi) is 3.62. The van der Waals surface area contributed by atoms with Gasteiger partial charge < -0.3 is 30.6 Å². The fourth-order valence-electron chi connectivity index (χ4n) is 2.90. The van der Waals surface area contributed by atoms with Crippen molar-refractivity contribution in [1.29, 1.82) is 0 Å². The molecule has 0 spiro atoms. The van der Waals surface area contributed by atoms with Crippen LogP contribution in [0.3, 0.4) is 0 Å². The van der Waals surface area contributed by atoms with Crippen LogP contribution in [0.25, 0.3) is 11.2 Å². The van der Waals surface area contributed by atoms with Crippen molar-refractivity contribution in [2.75, 3.05) is 12.3 Å². The van der Waals surface area contributed by atoms with Gasteiger partial charge in [-0.15, -0.1) is 0 Å². The number of ether oxygens (including phenoxy) is 1. The molecule has 0 amide bonds. The number of aliphatic hydroxyl groups excluding tert-OH is 1. The standard InChI is InChI=1S/C10H11N6O9P/c11-9-13-6-3(7(18)14-9)12-10(16(19)20)15(6)8-4(17)5-2(24-8)1-23-26(21,22)25-5/h2,4-5,8,17H,1H2,(H,21,22)(H3,11,13,14,18)/t2-,4-,5-,8-/m1/s1/i16+1. The van der Waals surface area contributed by atoms with Crippen molar-refractivity contribution in [3.8, 4) is 0 Å². The van der Waals surface area contributed by atoms with Gasteiger partial charge in [-0.1, -0.05) is 4.98 Å². The molecule has 1 unspecified atom stereocenters. The predicted octanol–water partition coefficient (Wildman–Crippen LogP) is -1.62. The molecule has 4 heterocycles. The summed E-state index contributed by atoms with van der Waals surface area (Å²) >= 11 is 0. The SMILES string of the molecule is Nc1nc2c(nc([15N+](=O)[O-])n2[C@@H]2O[C@@H]3COP(=O)(O)O[C@H]3[C@H]2O)c(=O)[nH]1. The maximum atomic E-state index is 11.9. The molecule has 2 aliphatic rings. The van der Waals surface area contributed by atoms with Crippen LogP contribution in [0, 0.1) is 10.1 Å². The van der Waals surface area contributed by atoms with Crippen LogP contribution in [-0.4, -0.2) is 59.4 Å². The number of nitrogens with one attached hydrogen (secondary N) is 1. The molecule has 2 aliphatic heterocycles. The van der Waals surface area contributed by atoms with E-state index in [0.717, 1.165) is 4.57 Å². The molecule has 0 aromatic carbocycles. The first kappa shape index (κ1) is 17.0. The molecular formula is C10H11N6O9P. The molecule has 5 N–H and O–H groups in total. The summed E-state index contributed by atoms with van der Waals surface area (Å²) < 4.78 is 27.2. The van der Waals surface area contributed by atoms with E-state index in [-0.39, 0.29) is 23.7 Å². The summed E-state index contributed by atoms with van der Waals surface area (Å²) in [5.41, 5.74) is 3.96. The molecule has 140 valence electrons. The number of phosphoric acid groups is 1. The number of aromatic nitrogens is 4. The summed E-state index contributed by atoms with van der Waals surface area (Å²) in [7, 11) is -4.38. The molecule has 0 radical (unpaired) electrons. The zero-order valence-electron chi connectivity index (χ0n) is 12.6. The Balaban J connectivity index is 1.86. The third kappa shape index (κ3) is 2.49. The van der Waals surface area contributed by atoms with Gasteiger partial charge >= 0.3 is 13.8 Å². The maximum Gasteiger partial charge on any atom is 0.472 e. The monoisotopic (exact) mass is 391 g/mol. The number of fused-ring (bicyclic) bond motifs is 2. The number of anilines is 1. The van der Waals surface area contributed by atoms with Gasteiger partial charge in [0.05, 0.1) is 6.61 Å². The highest BCUT2D eigenvalue weighted by Gasteiger charge is 2.55. The number of phosphoric ester groups is 1. The van der Waals surface area contributed by atoms with E-state index >= 15 is 0 Å². The predicted molar refractivity (Wildman–Crippen MR) is 79.8 cm³/mol. The Hall–Kier alpha value is -2.42. The average molecular weight is 391 g/mol. The molecule has 16 heteroatoms. The first-order chi connectivity index (χ1) is 12.2. The zero-order valence-corrected chi connectivity index (χ0v) is 13.5. The van der Waals surface area contributed by atoms with E-state index in [4.69, 9.17) is 15.0 Å². The number of nitrogens with zero attached hydrogens (tertiary/aromatic N) is 4. The number of nitrogens with two attached hydrogens (primary N) is 1. The number of rotatable bonds is 2. The molecule has 5 atom stereocenters. The fraction of sp³-hybridized carbons (Fsp3) is 0.500. The lowest BCUT2D eigenvalue weighted by Crippen LogP contribution is -2.39. The lowest BCUT2D eigenvalue weighted by atomic mass is 10.1. The highest BCUT2D eigenvalue weighted by atomic mass is 31.2.